The maximum absolute atomic E-state index is 12.4. The number of hydrogen-bond donors (Lipinski definition) is 1. The second-order valence-electron chi connectivity index (χ2n) is 4.75. The van der Waals surface area contributed by atoms with Crippen LogP contribution in [0.15, 0.2) is 40.9 Å². The van der Waals surface area contributed by atoms with Crippen molar-refractivity contribution in [2.45, 2.75) is 0 Å². The van der Waals surface area contributed by atoms with Crippen LogP contribution in [-0.2, 0) is 0 Å². The predicted molar refractivity (Wildman–Crippen MR) is 80.4 cm³/mol. The molecular weight excluding hydrogens is 304 g/mol. The van der Waals surface area contributed by atoms with E-state index in [1.54, 1.807) is 0 Å². The summed E-state index contributed by atoms with van der Waals surface area (Å²) >= 11 is 3.46. The van der Waals surface area contributed by atoms with Gasteiger partial charge in [-0.1, -0.05) is 28.1 Å². The lowest BCUT2D eigenvalue weighted by atomic mass is 10.1. The van der Waals surface area contributed by atoms with Gasteiger partial charge in [-0.15, -0.1) is 0 Å². The van der Waals surface area contributed by atoms with Crippen LogP contribution in [0.5, 0.6) is 0 Å². The van der Waals surface area contributed by atoms with E-state index in [-0.39, 0.29) is 5.91 Å². The van der Waals surface area contributed by atoms with Crippen LogP contribution in [0, 0.1) is 0 Å². The average molecular weight is 319 g/mol. The van der Waals surface area contributed by atoms with Crippen molar-refractivity contribution in [2.75, 3.05) is 26.2 Å². The summed E-state index contributed by atoms with van der Waals surface area (Å²) in [6.07, 6.45) is 0. The molecule has 2 aromatic carbocycles. The zero-order valence-corrected chi connectivity index (χ0v) is 12.1. The molecule has 1 heterocycles. The third-order valence-electron chi connectivity index (χ3n) is 3.45. The second-order valence-corrected chi connectivity index (χ2v) is 5.66. The maximum Gasteiger partial charge on any atom is 0.253 e. The molecule has 0 saturated carbocycles. The monoisotopic (exact) mass is 318 g/mol. The van der Waals surface area contributed by atoms with E-state index in [9.17, 15) is 4.79 Å². The van der Waals surface area contributed by atoms with E-state index in [1.807, 2.05) is 35.2 Å². The number of carbonyl (C=O) groups is 1. The van der Waals surface area contributed by atoms with E-state index in [0.29, 0.717) is 0 Å². The van der Waals surface area contributed by atoms with Crippen molar-refractivity contribution >= 4 is 32.6 Å². The second kappa shape index (κ2) is 5.31. The molecule has 1 N–H and O–H groups in total. The molecule has 3 nitrogen and oxygen atoms in total. The number of hydrogen-bond acceptors (Lipinski definition) is 2. The number of piperazine rings is 1. The summed E-state index contributed by atoms with van der Waals surface area (Å²) in [6, 6.07) is 12.0. The summed E-state index contributed by atoms with van der Waals surface area (Å²) in [5.74, 6) is 0.131. The first-order chi connectivity index (χ1) is 9.24. The van der Waals surface area contributed by atoms with Crippen LogP contribution in [0.25, 0.3) is 10.8 Å². The number of nitrogens with zero attached hydrogens (tertiary/aromatic N) is 1. The lowest BCUT2D eigenvalue weighted by molar-refractivity contribution is 0.0736. The molecule has 3 rings (SSSR count). The molecule has 0 atom stereocenters. The van der Waals surface area contributed by atoms with Gasteiger partial charge >= 0.3 is 0 Å². The molecule has 1 saturated heterocycles. The van der Waals surface area contributed by atoms with Gasteiger partial charge in [0.2, 0.25) is 0 Å². The third-order valence-corrected chi connectivity index (χ3v) is 3.95. The fourth-order valence-corrected chi connectivity index (χ4v) is 2.78. The number of benzene rings is 2. The minimum absolute atomic E-state index is 0.131. The van der Waals surface area contributed by atoms with Crippen molar-refractivity contribution in [1.29, 1.82) is 0 Å². The first-order valence-electron chi connectivity index (χ1n) is 6.43. The van der Waals surface area contributed by atoms with Crippen molar-refractivity contribution in [3.05, 3.63) is 46.4 Å². The van der Waals surface area contributed by atoms with Gasteiger partial charge in [0, 0.05) is 36.2 Å². The molecule has 1 amide bonds. The van der Waals surface area contributed by atoms with Gasteiger partial charge in [-0.05, 0) is 35.0 Å². The average Bonchev–Trinajstić information content (AvgIpc) is 2.47. The summed E-state index contributed by atoms with van der Waals surface area (Å²) in [6.45, 7) is 3.34. The fraction of sp³-hybridized carbons (Fsp3) is 0.267. The van der Waals surface area contributed by atoms with Gasteiger partial charge in [0.15, 0.2) is 0 Å². The van der Waals surface area contributed by atoms with Crippen LogP contribution >= 0.6 is 15.9 Å². The summed E-state index contributed by atoms with van der Waals surface area (Å²) < 4.78 is 1.06. The van der Waals surface area contributed by atoms with E-state index in [4.69, 9.17) is 0 Å². The summed E-state index contributed by atoms with van der Waals surface area (Å²) in [5.41, 5.74) is 0.775. The molecule has 0 bridgehead atoms. The number of fused-ring (bicyclic) bond motifs is 1. The molecule has 19 heavy (non-hydrogen) atoms. The smallest absolute Gasteiger partial charge is 0.253 e. The maximum atomic E-state index is 12.4. The standard InChI is InChI=1S/C15H15BrN2O/c16-14-4-3-11-9-13(2-1-12(11)10-14)15(19)18-7-5-17-6-8-18/h1-4,9-10,17H,5-8H2. The Morgan fingerprint density at radius 2 is 1.74 bits per heavy atom. The number of rotatable bonds is 1. The minimum atomic E-state index is 0.131. The highest BCUT2D eigenvalue weighted by Crippen LogP contribution is 2.21. The molecule has 1 fully saturated rings. The molecule has 0 spiro atoms. The Bertz CT molecular complexity index is 621. The highest BCUT2D eigenvalue weighted by Gasteiger charge is 2.17. The van der Waals surface area contributed by atoms with Gasteiger partial charge in [0.1, 0.15) is 0 Å². The highest BCUT2D eigenvalue weighted by molar-refractivity contribution is 9.10. The van der Waals surface area contributed by atoms with Crippen LogP contribution in [0.1, 0.15) is 10.4 Å². The zero-order valence-electron chi connectivity index (χ0n) is 10.5. The highest BCUT2D eigenvalue weighted by atomic mass is 79.9. The van der Waals surface area contributed by atoms with Gasteiger partial charge in [0.05, 0.1) is 0 Å². The lowest BCUT2D eigenvalue weighted by Crippen LogP contribution is -2.46. The van der Waals surface area contributed by atoms with Crippen LogP contribution < -0.4 is 5.32 Å². The van der Waals surface area contributed by atoms with Crippen molar-refractivity contribution in [3.8, 4) is 0 Å². The topological polar surface area (TPSA) is 32.3 Å². The molecule has 0 unspecified atom stereocenters. The van der Waals surface area contributed by atoms with E-state index in [2.05, 4.69) is 27.3 Å². The first kappa shape index (κ1) is 12.6. The number of nitrogens with one attached hydrogen (secondary N) is 1. The van der Waals surface area contributed by atoms with Gasteiger partial charge in [0.25, 0.3) is 5.91 Å². The summed E-state index contributed by atoms with van der Waals surface area (Å²) in [5, 5.41) is 5.50. The Balaban J connectivity index is 1.92. The third kappa shape index (κ3) is 2.65. The Morgan fingerprint density at radius 3 is 2.53 bits per heavy atom. The molecule has 0 aliphatic carbocycles. The molecule has 1 aliphatic rings. The molecule has 98 valence electrons. The van der Waals surface area contributed by atoms with E-state index < -0.39 is 0 Å². The van der Waals surface area contributed by atoms with Crippen molar-refractivity contribution in [2.24, 2.45) is 0 Å². The Kier molecular flexibility index (Phi) is 3.53. The fourth-order valence-electron chi connectivity index (χ4n) is 2.40. The van der Waals surface area contributed by atoms with Crippen molar-refractivity contribution < 1.29 is 4.79 Å². The van der Waals surface area contributed by atoms with Gasteiger partial charge in [-0.3, -0.25) is 4.79 Å². The molecular formula is C15H15BrN2O. The van der Waals surface area contributed by atoms with Crippen molar-refractivity contribution in [3.63, 3.8) is 0 Å². The summed E-state index contributed by atoms with van der Waals surface area (Å²) in [4.78, 5) is 14.3. The normalized spacial score (nSPS) is 15.7. The summed E-state index contributed by atoms with van der Waals surface area (Å²) in [7, 11) is 0. The molecule has 1 aliphatic heterocycles. The van der Waals surface area contributed by atoms with Crippen LogP contribution in [0.2, 0.25) is 0 Å². The van der Waals surface area contributed by atoms with Crippen LogP contribution in [-0.4, -0.2) is 37.0 Å². The number of carbonyl (C=O) groups excluding carboxylic acids is 1. The van der Waals surface area contributed by atoms with E-state index in [1.165, 1.54) is 0 Å². The molecule has 0 aromatic heterocycles. The van der Waals surface area contributed by atoms with Gasteiger partial charge in [-0.2, -0.15) is 0 Å². The Morgan fingerprint density at radius 1 is 1.05 bits per heavy atom. The first-order valence-corrected chi connectivity index (χ1v) is 7.23. The van der Waals surface area contributed by atoms with Crippen LogP contribution in [0.4, 0.5) is 0 Å². The van der Waals surface area contributed by atoms with E-state index in [0.717, 1.165) is 47.0 Å². The molecule has 0 radical (unpaired) electrons. The molecule has 4 heteroatoms. The van der Waals surface area contributed by atoms with Gasteiger partial charge in [-0.25, -0.2) is 0 Å². The Hall–Kier alpha value is -1.39. The quantitative estimate of drug-likeness (QED) is 0.876. The van der Waals surface area contributed by atoms with Crippen molar-refractivity contribution in [1.82, 2.24) is 10.2 Å². The number of amides is 1. The largest absolute Gasteiger partial charge is 0.336 e. The predicted octanol–water partition coefficient (Wildman–Crippen LogP) is 2.65. The SMILES string of the molecule is O=C(c1ccc2cc(Br)ccc2c1)N1CCNCC1. The molecule has 2 aromatic rings. The Labute approximate surface area is 120 Å². The zero-order chi connectivity index (χ0) is 13.2. The number of halogens is 1. The minimum Gasteiger partial charge on any atom is -0.336 e. The van der Waals surface area contributed by atoms with Gasteiger partial charge < -0.3 is 10.2 Å². The van der Waals surface area contributed by atoms with E-state index >= 15 is 0 Å². The van der Waals surface area contributed by atoms with Crippen LogP contribution in [0.3, 0.4) is 0 Å². The lowest BCUT2D eigenvalue weighted by Gasteiger charge is -2.27.